The fraction of sp³-hybridized carbons (Fsp3) is 0.838. The van der Waals surface area contributed by atoms with Gasteiger partial charge in [-0.15, -0.1) is 0 Å². The van der Waals surface area contributed by atoms with Crippen LogP contribution in [0, 0.1) is 5.92 Å². The van der Waals surface area contributed by atoms with Gasteiger partial charge in [-0.1, -0.05) is 173 Å². The Morgan fingerprint density at radius 2 is 0.976 bits per heavy atom. The van der Waals surface area contributed by atoms with Gasteiger partial charge in [0.2, 0.25) is 0 Å². The molecule has 240 valence electrons. The first kappa shape index (κ1) is 39.4. The summed E-state index contributed by atoms with van der Waals surface area (Å²) in [4.78, 5) is 23.0. The Morgan fingerprint density at radius 3 is 1.34 bits per heavy atom. The molecule has 0 aliphatic rings. The zero-order valence-corrected chi connectivity index (χ0v) is 27.2. The van der Waals surface area contributed by atoms with E-state index in [4.69, 9.17) is 9.84 Å². The van der Waals surface area contributed by atoms with Crippen molar-refractivity contribution < 1.29 is 19.4 Å². The molecule has 0 saturated heterocycles. The highest BCUT2D eigenvalue weighted by molar-refractivity contribution is 5.79. The summed E-state index contributed by atoms with van der Waals surface area (Å²) in [6.45, 7) is 5.96. The molecule has 1 unspecified atom stereocenters. The normalized spacial score (nSPS) is 12.1. The molecule has 0 aromatic heterocycles. The van der Waals surface area contributed by atoms with Crippen LogP contribution in [-0.2, 0) is 14.3 Å². The van der Waals surface area contributed by atoms with Crippen LogP contribution in [0.5, 0.6) is 0 Å². The van der Waals surface area contributed by atoms with Gasteiger partial charge >= 0.3 is 11.9 Å². The van der Waals surface area contributed by atoms with Crippen molar-refractivity contribution in [2.75, 3.05) is 6.61 Å². The van der Waals surface area contributed by atoms with Crippen LogP contribution >= 0.6 is 0 Å². The molecule has 0 radical (unpaired) electrons. The molecule has 0 spiro atoms. The number of carbonyl (C=O) groups excluding carboxylic acids is 1. The Hall–Kier alpha value is -1.58. The van der Waals surface area contributed by atoms with E-state index in [1.807, 2.05) is 0 Å². The molecule has 0 saturated carbocycles. The van der Waals surface area contributed by atoms with E-state index in [2.05, 4.69) is 25.7 Å². The van der Waals surface area contributed by atoms with E-state index in [1.165, 1.54) is 154 Å². The van der Waals surface area contributed by atoms with Crippen LogP contribution in [0.15, 0.2) is 24.8 Å². The number of aliphatic carboxylic acids is 1. The number of carboxylic acids is 1. The van der Waals surface area contributed by atoms with E-state index in [9.17, 15) is 9.59 Å². The molecule has 0 aliphatic carbocycles. The number of carbonyl (C=O) groups is 2. The molecule has 4 nitrogen and oxygen atoms in total. The van der Waals surface area contributed by atoms with Crippen LogP contribution in [0.25, 0.3) is 0 Å². The van der Waals surface area contributed by atoms with Gasteiger partial charge < -0.3 is 9.84 Å². The molecule has 0 aromatic carbocycles. The van der Waals surface area contributed by atoms with Crippen LogP contribution in [0.3, 0.4) is 0 Å². The zero-order valence-electron chi connectivity index (χ0n) is 27.2. The van der Waals surface area contributed by atoms with Gasteiger partial charge in [-0.3, -0.25) is 9.59 Å². The van der Waals surface area contributed by atoms with Crippen molar-refractivity contribution in [3.63, 3.8) is 0 Å². The first-order chi connectivity index (χ1) is 20.1. The number of hydrogen-bond acceptors (Lipinski definition) is 3. The molecule has 0 aromatic rings. The van der Waals surface area contributed by atoms with Gasteiger partial charge in [0.15, 0.2) is 0 Å². The summed E-state index contributed by atoms with van der Waals surface area (Å²) < 4.78 is 5.04. The van der Waals surface area contributed by atoms with Crippen molar-refractivity contribution in [3.05, 3.63) is 24.8 Å². The Kier molecular flexibility index (Phi) is 31.7. The number of allylic oxidation sites excluding steroid dienone is 2. The first-order valence-electron chi connectivity index (χ1n) is 17.8. The summed E-state index contributed by atoms with van der Waals surface area (Å²) in [5.41, 5.74) is 0. The smallest absolute Gasteiger partial charge is 0.309 e. The minimum Gasteiger partial charge on any atom is -0.481 e. The third kappa shape index (κ3) is 31.2. The van der Waals surface area contributed by atoms with Crippen LogP contribution in [0.2, 0.25) is 0 Å². The van der Waals surface area contributed by atoms with Gasteiger partial charge in [0.05, 0.1) is 12.3 Å². The molecular formula is C37H68O4. The summed E-state index contributed by atoms with van der Waals surface area (Å²) in [5.74, 6) is -1.89. The molecule has 1 atom stereocenters. The second kappa shape index (κ2) is 32.9. The summed E-state index contributed by atoms with van der Waals surface area (Å²) in [7, 11) is 0. The number of ether oxygens (including phenoxy) is 1. The number of hydrogen-bond donors (Lipinski definition) is 1. The van der Waals surface area contributed by atoms with E-state index < -0.39 is 17.9 Å². The van der Waals surface area contributed by atoms with Crippen molar-refractivity contribution >= 4 is 11.9 Å². The standard InChI is InChI=1S/C37H68O4/c1-3-5-6-7-8-9-10-11-12-13-14-15-16-17-18-19-20-21-22-23-24-25-26-27-28-29-30-31-32-35(34-36(38)39)37(40)41-33-4-2/h4,21-22,35H,2-3,5-20,23-34H2,1H3,(H,38,39)/b22-21+. The number of esters is 1. The predicted molar refractivity (Wildman–Crippen MR) is 176 cm³/mol. The van der Waals surface area contributed by atoms with Gasteiger partial charge in [-0.25, -0.2) is 0 Å². The van der Waals surface area contributed by atoms with Gasteiger partial charge in [0.25, 0.3) is 0 Å². The number of rotatable bonds is 33. The van der Waals surface area contributed by atoms with E-state index in [0.29, 0.717) is 6.42 Å². The first-order valence-corrected chi connectivity index (χ1v) is 17.8. The molecule has 41 heavy (non-hydrogen) atoms. The molecular weight excluding hydrogens is 508 g/mol. The SMILES string of the molecule is C=CCOC(=O)C(CCCCCCCCCC/C=C/CCCCCCCCCCCCCCCCCC)CC(=O)O. The Morgan fingerprint density at radius 1 is 0.610 bits per heavy atom. The van der Waals surface area contributed by atoms with Crippen LogP contribution in [-0.4, -0.2) is 23.7 Å². The molecule has 0 heterocycles. The van der Waals surface area contributed by atoms with Crippen LogP contribution in [0.4, 0.5) is 0 Å². The monoisotopic (exact) mass is 577 g/mol. The van der Waals surface area contributed by atoms with Gasteiger partial charge in [-0.05, 0) is 32.1 Å². The molecule has 1 N–H and O–H groups in total. The lowest BCUT2D eigenvalue weighted by molar-refractivity contribution is -0.152. The summed E-state index contributed by atoms with van der Waals surface area (Å²) in [5, 5.41) is 9.03. The maximum atomic E-state index is 12.0. The predicted octanol–water partition coefficient (Wildman–Crippen LogP) is 11.9. The number of carboxylic acid groups (broad SMARTS) is 1. The average Bonchev–Trinajstić information content (AvgIpc) is 2.96. The highest BCUT2D eigenvalue weighted by Crippen LogP contribution is 2.18. The lowest BCUT2D eigenvalue weighted by Gasteiger charge is -2.13. The third-order valence-electron chi connectivity index (χ3n) is 8.16. The highest BCUT2D eigenvalue weighted by atomic mass is 16.5. The maximum absolute atomic E-state index is 12.0. The van der Waals surface area contributed by atoms with Crippen molar-refractivity contribution in [2.24, 2.45) is 5.92 Å². The van der Waals surface area contributed by atoms with Crippen LogP contribution < -0.4 is 0 Å². The van der Waals surface area contributed by atoms with Crippen molar-refractivity contribution in [2.45, 2.75) is 187 Å². The largest absolute Gasteiger partial charge is 0.481 e. The second-order valence-electron chi connectivity index (χ2n) is 12.2. The Bertz CT molecular complexity index is 612. The molecule has 0 aliphatic heterocycles. The molecule has 0 bridgehead atoms. The Labute approximate surface area is 255 Å². The summed E-state index contributed by atoms with van der Waals surface area (Å²) in [6.07, 6.45) is 41.5. The van der Waals surface area contributed by atoms with Crippen molar-refractivity contribution in [3.8, 4) is 0 Å². The fourth-order valence-corrected chi connectivity index (χ4v) is 5.53. The molecule has 4 heteroatoms. The minimum atomic E-state index is -0.944. The quantitative estimate of drug-likeness (QED) is 0.0479. The van der Waals surface area contributed by atoms with Gasteiger partial charge in [0, 0.05) is 0 Å². The van der Waals surface area contributed by atoms with Crippen molar-refractivity contribution in [1.29, 1.82) is 0 Å². The van der Waals surface area contributed by atoms with E-state index in [0.717, 1.165) is 19.3 Å². The van der Waals surface area contributed by atoms with Crippen molar-refractivity contribution in [1.82, 2.24) is 0 Å². The highest BCUT2D eigenvalue weighted by Gasteiger charge is 2.22. The lowest BCUT2D eigenvalue weighted by Crippen LogP contribution is -2.21. The summed E-state index contributed by atoms with van der Waals surface area (Å²) in [6, 6.07) is 0. The van der Waals surface area contributed by atoms with E-state index in [-0.39, 0.29) is 13.0 Å². The minimum absolute atomic E-state index is 0.143. The zero-order chi connectivity index (χ0) is 30.1. The number of unbranched alkanes of at least 4 members (excludes halogenated alkanes) is 24. The molecule has 0 rings (SSSR count). The van der Waals surface area contributed by atoms with E-state index >= 15 is 0 Å². The second-order valence-corrected chi connectivity index (χ2v) is 12.2. The van der Waals surface area contributed by atoms with E-state index in [1.54, 1.807) is 0 Å². The summed E-state index contributed by atoms with van der Waals surface area (Å²) >= 11 is 0. The average molecular weight is 577 g/mol. The fourth-order valence-electron chi connectivity index (χ4n) is 5.53. The lowest BCUT2D eigenvalue weighted by atomic mass is 9.97. The third-order valence-corrected chi connectivity index (χ3v) is 8.16. The van der Waals surface area contributed by atoms with Gasteiger partial charge in [0.1, 0.15) is 6.61 Å². The maximum Gasteiger partial charge on any atom is 0.309 e. The molecule has 0 amide bonds. The topological polar surface area (TPSA) is 63.6 Å². The van der Waals surface area contributed by atoms with Crippen LogP contribution in [0.1, 0.15) is 187 Å². The Balaban J connectivity index is 3.35. The van der Waals surface area contributed by atoms with Gasteiger partial charge in [-0.2, -0.15) is 0 Å². The molecule has 0 fully saturated rings.